The molecule has 5 heteroatoms. The fourth-order valence-electron chi connectivity index (χ4n) is 4.52. The minimum atomic E-state index is -0.499. The van der Waals surface area contributed by atoms with Crippen LogP contribution in [0.3, 0.4) is 0 Å². The van der Waals surface area contributed by atoms with Crippen LogP contribution in [0.2, 0.25) is 0 Å². The molecule has 1 heterocycles. The van der Waals surface area contributed by atoms with Gasteiger partial charge in [0.05, 0.1) is 5.52 Å². The lowest BCUT2D eigenvalue weighted by molar-refractivity contribution is 0.102. The molecule has 3 aromatic carbocycles. The summed E-state index contributed by atoms with van der Waals surface area (Å²) < 4.78 is 1.94. The van der Waals surface area contributed by atoms with Crippen LogP contribution in [-0.4, -0.2) is 15.6 Å². The average Bonchev–Trinajstić information content (AvgIpc) is 2.86. The number of carbonyl (C=O) groups excluding carboxylic acids is 1. The van der Waals surface area contributed by atoms with Crippen molar-refractivity contribution in [2.75, 3.05) is 5.32 Å². The molecule has 0 atom stereocenters. The predicted molar refractivity (Wildman–Crippen MR) is 159 cm³/mol. The number of para-hydroxylation sites is 1. The van der Waals surface area contributed by atoms with Crippen LogP contribution in [0, 0.1) is 0 Å². The molecular weight excluding hydrogens is 472 g/mol. The number of hydrogen-bond acceptors (Lipinski definition) is 3. The first-order valence-corrected chi connectivity index (χ1v) is 13.2. The molecule has 38 heavy (non-hydrogen) atoms. The van der Waals surface area contributed by atoms with Crippen molar-refractivity contribution in [1.29, 1.82) is 0 Å². The van der Waals surface area contributed by atoms with Gasteiger partial charge in [-0.3, -0.25) is 9.59 Å². The maximum Gasteiger partial charge on any atom is 0.261 e. The van der Waals surface area contributed by atoms with Crippen LogP contribution in [0.25, 0.3) is 10.9 Å². The van der Waals surface area contributed by atoms with Gasteiger partial charge in [0.1, 0.15) is 11.3 Å². The number of pyridine rings is 1. The second kappa shape index (κ2) is 11.3. The van der Waals surface area contributed by atoms with Gasteiger partial charge in [-0.05, 0) is 45.7 Å². The van der Waals surface area contributed by atoms with Crippen molar-refractivity contribution in [3.8, 4) is 5.75 Å². The number of fused-ring (bicyclic) bond motifs is 1. The number of carbonyl (C=O) groups is 1. The van der Waals surface area contributed by atoms with Crippen molar-refractivity contribution in [3.63, 3.8) is 0 Å². The first-order chi connectivity index (χ1) is 17.9. The Morgan fingerprint density at radius 2 is 1.42 bits per heavy atom. The quantitative estimate of drug-likeness (QED) is 0.295. The van der Waals surface area contributed by atoms with E-state index in [0.717, 1.165) is 22.2 Å². The Morgan fingerprint density at radius 3 is 2.03 bits per heavy atom. The molecule has 0 aliphatic carbocycles. The Bertz CT molecular complexity index is 1490. The Kier molecular flexibility index (Phi) is 8.51. The molecule has 0 saturated heterocycles. The summed E-state index contributed by atoms with van der Waals surface area (Å²) in [6.45, 7) is 16.8. The highest BCUT2D eigenvalue weighted by atomic mass is 16.3. The van der Waals surface area contributed by atoms with E-state index in [9.17, 15) is 14.7 Å². The number of hydrogen-bond donors (Lipinski definition) is 2. The van der Waals surface area contributed by atoms with Crippen LogP contribution in [-0.2, 0) is 17.4 Å². The largest absolute Gasteiger partial charge is 0.508 e. The molecule has 0 bridgehead atoms. The van der Waals surface area contributed by atoms with Gasteiger partial charge in [-0.2, -0.15) is 0 Å². The molecule has 0 spiro atoms. The summed E-state index contributed by atoms with van der Waals surface area (Å²) in [7, 11) is 0. The maximum atomic E-state index is 13.5. The van der Waals surface area contributed by atoms with Gasteiger partial charge in [0, 0.05) is 29.9 Å². The van der Waals surface area contributed by atoms with Crippen molar-refractivity contribution < 1.29 is 9.90 Å². The molecule has 4 aromatic rings. The lowest BCUT2D eigenvalue weighted by Crippen LogP contribution is -2.26. The van der Waals surface area contributed by atoms with E-state index in [1.165, 1.54) is 0 Å². The number of benzene rings is 3. The number of anilines is 1. The number of amides is 1. The van der Waals surface area contributed by atoms with Crippen LogP contribution in [0.4, 0.5) is 5.69 Å². The highest BCUT2D eigenvalue weighted by molar-refractivity contribution is 6.06. The lowest BCUT2D eigenvalue weighted by Gasteiger charge is -2.28. The molecule has 0 saturated carbocycles. The average molecular weight is 513 g/mol. The molecule has 0 fully saturated rings. The first-order valence-electron chi connectivity index (χ1n) is 13.2. The van der Waals surface area contributed by atoms with E-state index in [1.54, 1.807) is 24.4 Å². The second-order valence-corrected chi connectivity index (χ2v) is 11.4. The predicted octanol–water partition coefficient (Wildman–Crippen LogP) is 7.63. The van der Waals surface area contributed by atoms with Crippen molar-refractivity contribution in [3.05, 3.63) is 105 Å². The number of aromatic hydroxyl groups is 1. The van der Waals surface area contributed by atoms with Gasteiger partial charge >= 0.3 is 0 Å². The van der Waals surface area contributed by atoms with Gasteiger partial charge in [0.2, 0.25) is 5.43 Å². The SMILES string of the molecule is CC.CC(C)(C)c1cc(C(C)(C)C)c(NC(=O)c2cn(Cc3ccccc3)c3ccccc3c2=O)cc1O. The van der Waals surface area contributed by atoms with E-state index in [0.29, 0.717) is 17.6 Å². The van der Waals surface area contributed by atoms with E-state index in [-0.39, 0.29) is 27.6 Å². The summed E-state index contributed by atoms with van der Waals surface area (Å²) in [5, 5.41) is 14.2. The molecule has 2 N–H and O–H groups in total. The smallest absolute Gasteiger partial charge is 0.261 e. The molecule has 1 aromatic heterocycles. The summed E-state index contributed by atoms with van der Waals surface area (Å²) >= 11 is 0. The number of nitrogens with one attached hydrogen (secondary N) is 1. The summed E-state index contributed by atoms with van der Waals surface area (Å²) in [6, 6.07) is 20.8. The van der Waals surface area contributed by atoms with Gasteiger partial charge < -0.3 is 15.0 Å². The molecule has 0 aliphatic rings. The zero-order valence-corrected chi connectivity index (χ0v) is 23.8. The van der Waals surface area contributed by atoms with Crippen LogP contribution in [0.1, 0.15) is 82.4 Å². The van der Waals surface area contributed by atoms with E-state index >= 15 is 0 Å². The maximum absolute atomic E-state index is 13.5. The Hall–Kier alpha value is -3.86. The van der Waals surface area contributed by atoms with Crippen molar-refractivity contribution in [2.24, 2.45) is 0 Å². The molecule has 0 radical (unpaired) electrons. The molecule has 5 nitrogen and oxygen atoms in total. The minimum absolute atomic E-state index is 0.0591. The molecule has 200 valence electrons. The highest BCUT2D eigenvalue weighted by Gasteiger charge is 2.27. The second-order valence-electron chi connectivity index (χ2n) is 11.4. The van der Waals surface area contributed by atoms with Crippen molar-refractivity contribution >= 4 is 22.5 Å². The topological polar surface area (TPSA) is 71.3 Å². The van der Waals surface area contributed by atoms with Crippen molar-refractivity contribution in [1.82, 2.24) is 4.57 Å². The normalized spacial score (nSPS) is 11.6. The van der Waals surface area contributed by atoms with Crippen LogP contribution in [0.15, 0.2) is 77.7 Å². The van der Waals surface area contributed by atoms with Gasteiger partial charge in [-0.1, -0.05) is 97.9 Å². The molecule has 1 amide bonds. The summed E-state index contributed by atoms with van der Waals surface area (Å²) in [6.07, 6.45) is 1.63. The monoisotopic (exact) mass is 512 g/mol. The van der Waals surface area contributed by atoms with E-state index in [1.807, 2.05) is 87.7 Å². The first kappa shape index (κ1) is 28.7. The summed E-state index contributed by atoms with van der Waals surface area (Å²) in [5.41, 5.74) is 3.21. The third-order valence-corrected chi connectivity index (χ3v) is 6.43. The molecular formula is C33H40N2O3. The lowest BCUT2D eigenvalue weighted by atomic mass is 9.79. The Labute approximate surface area is 226 Å². The zero-order valence-electron chi connectivity index (χ0n) is 23.8. The Balaban J connectivity index is 0.00000195. The third kappa shape index (κ3) is 6.16. The van der Waals surface area contributed by atoms with Crippen LogP contribution < -0.4 is 10.7 Å². The summed E-state index contributed by atoms with van der Waals surface area (Å²) in [4.78, 5) is 26.9. The van der Waals surface area contributed by atoms with Gasteiger partial charge in [-0.25, -0.2) is 0 Å². The number of phenolic OH excluding ortho intramolecular Hbond substituents is 1. The summed E-state index contributed by atoms with van der Waals surface area (Å²) in [5.74, 6) is -0.383. The van der Waals surface area contributed by atoms with E-state index in [4.69, 9.17) is 0 Å². The molecule has 0 unspecified atom stereocenters. The van der Waals surface area contributed by atoms with E-state index in [2.05, 4.69) is 26.1 Å². The van der Waals surface area contributed by atoms with Gasteiger partial charge in [-0.15, -0.1) is 0 Å². The molecule has 4 rings (SSSR count). The van der Waals surface area contributed by atoms with E-state index < -0.39 is 5.91 Å². The highest BCUT2D eigenvalue weighted by Crippen LogP contribution is 2.39. The molecule has 0 aliphatic heterocycles. The Morgan fingerprint density at radius 1 is 0.842 bits per heavy atom. The number of aromatic nitrogens is 1. The minimum Gasteiger partial charge on any atom is -0.508 e. The van der Waals surface area contributed by atoms with Gasteiger partial charge in [0.15, 0.2) is 0 Å². The third-order valence-electron chi connectivity index (χ3n) is 6.43. The standard InChI is InChI=1S/C31H34N2O3.C2H6/c1-30(2,3)23-16-24(31(4,5)6)27(34)17-25(23)32-29(36)22-19-33(18-20-12-8-7-9-13-20)26-15-11-10-14-21(26)28(22)35;1-2/h7-17,19,34H,18H2,1-6H3,(H,32,36);1-2H3. The number of nitrogens with zero attached hydrogens (tertiary/aromatic N) is 1. The van der Waals surface area contributed by atoms with Gasteiger partial charge in [0.25, 0.3) is 5.91 Å². The van der Waals surface area contributed by atoms with Crippen LogP contribution >= 0.6 is 0 Å². The zero-order chi connectivity index (χ0) is 28.3. The fraction of sp³-hybridized carbons (Fsp3) is 0.333. The van der Waals surface area contributed by atoms with Crippen molar-refractivity contribution in [2.45, 2.75) is 72.8 Å². The number of phenols is 1. The number of rotatable bonds is 4. The van der Waals surface area contributed by atoms with Crippen LogP contribution in [0.5, 0.6) is 5.75 Å². The fourth-order valence-corrected chi connectivity index (χ4v) is 4.52.